The third-order valence-corrected chi connectivity index (χ3v) is 4.37. The molecule has 0 aromatic heterocycles. The lowest BCUT2D eigenvalue weighted by molar-refractivity contribution is -0.154. The summed E-state index contributed by atoms with van der Waals surface area (Å²) in [7, 11) is 0. The zero-order valence-electron chi connectivity index (χ0n) is 12.4. The molecular formula is C16H19FN2O2. The SMILES string of the molecule is Cc1cc(CN2CC(=O)N3CCCC3C2=O)cc(C)c1F. The van der Waals surface area contributed by atoms with E-state index in [2.05, 4.69) is 0 Å². The number of halogens is 1. The van der Waals surface area contributed by atoms with E-state index in [0.29, 0.717) is 24.2 Å². The summed E-state index contributed by atoms with van der Waals surface area (Å²) in [5.41, 5.74) is 2.02. The van der Waals surface area contributed by atoms with Gasteiger partial charge in [-0.15, -0.1) is 0 Å². The van der Waals surface area contributed by atoms with E-state index in [0.717, 1.165) is 18.4 Å². The molecule has 0 spiro atoms. The van der Waals surface area contributed by atoms with Gasteiger partial charge in [-0.2, -0.15) is 0 Å². The lowest BCUT2D eigenvalue weighted by Gasteiger charge is -2.36. The van der Waals surface area contributed by atoms with E-state index >= 15 is 0 Å². The first-order valence-electron chi connectivity index (χ1n) is 7.31. The maximum absolute atomic E-state index is 13.7. The first-order valence-corrected chi connectivity index (χ1v) is 7.31. The van der Waals surface area contributed by atoms with Crippen LogP contribution >= 0.6 is 0 Å². The Labute approximate surface area is 123 Å². The third kappa shape index (κ3) is 2.41. The number of hydrogen-bond donors (Lipinski definition) is 0. The van der Waals surface area contributed by atoms with Crippen molar-refractivity contribution < 1.29 is 14.0 Å². The number of amides is 2. The van der Waals surface area contributed by atoms with Crippen molar-refractivity contribution in [3.63, 3.8) is 0 Å². The van der Waals surface area contributed by atoms with Crippen molar-refractivity contribution in [3.05, 3.63) is 34.6 Å². The Bertz CT molecular complexity index is 591. The fraction of sp³-hybridized carbons (Fsp3) is 0.500. The molecule has 0 N–H and O–H groups in total. The average molecular weight is 290 g/mol. The van der Waals surface area contributed by atoms with E-state index in [1.54, 1.807) is 35.8 Å². The van der Waals surface area contributed by atoms with Crippen molar-refractivity contribution in [2.45, 2.75) is 39.3 Å². The quantitative estimate of drug-likeness (QED) is 0.833. The number of benzene rings is 1. The highest BCUT2D eigenvalue weighted by molar-refractivity contribution is 5.95. The fourth-order valence-corrected chi connectivity index (χ4v) is 3.35. The molecule has 0 aliphatic carbocycles. The normalized spacial score (nSPS) is 22.0. The molecule has 1 aromatic carbocycles. The number of fused-ring (bicyclic) bond motifs is 1. The van der Waals surface area contributed by atoms with Crippen LogP contribution in [0.5, 0.6) is 0 Å². The second-order valence-corrected chi connectivity index (χ2v) is 5.98. The number of hydrogen-bond acceptors (Lipinski definition) is 2. The van der Waals surface area contributed by atoms with Crippen LogP contribution in [0, 0.1) is 19.7 Å². The number of carbonyl (C=O) groups excluding carboxylic acids is 2. The van der Waals surface area contributed by atoms with Crippen LogP contribution in [0.4, 0.5) is 4.39 Å². The minimum Gasteiger partial charge on any atom is -0.329 e. The summed E-state index contributed by atoms with van der Waals surface area (Å²) in [6.45, 7) is 4.63. The molecule has 2 aliphatic rings. The molecule has 5 heteroatoms. The van der Waals surface area contributed by atoms with E-state index in [-0.39, 0.29) is 30.2 Å². The predicted molar refractivity (Wildman–Crippen MR) is 76.0 cm³/mol. The maximum Gasteiger partial charge on any atom is 0.246 e. The van der Waals surface area contributed by atoms with E-state index < -0.39 is 0 Å². The highest BCUT2D eigenvalue weighted by atomic mass is 19.1. The van der Waals surface area contributed by atoms with Crippen molar-refractivity contribution in [3.8, 4) is 0 Å². The molecular weight excluding hydrogens is 271 g/mol. The summed E-state index contributed by atoms with van der Waals surface area (Å²) in [5, 5.41) is 0. The molecule has 2 saturated heterocycles. The van der Waals surface area contributed by atoms with Gasteiger partial charge < -0.3 is 9.80 Å². The Morgan fingerprint density at radius 3 is 2.57 bits per heavy atom. The standard InChI is InChI=1S/C16H19FN2O2/c1-10-6-12(7-11(2)15(10)17)8-18-9-14(20)19-5-3-4-13(19)16(18)21/h6-7,13H,3-5,8-9H2,1-2H3. The molecule has 2 fully saturated rings. The number of nitrogens with zero attached hydrogens (tertiary/aromatic N) is 2. The van der Waals surface area contributed by atoms with Gasteiger partial charge in [-0.25, -0.2) is 4.39 Å². The molecule has 4 nitrogen and oxygen atoms in total. The van der Waals surface area contributed by atoms with Gasteiger partial charge in [-0.05, 0) is 43.4 Å². The van der Waals surface area contributed by atoms with Gasteiger partial charge in [0.25, 0.3) is 0 Å². The lowest BCUT2D eigenvalue weighted by Crippen LogP contribution is -2.56. The molecule has 3 rings (SSSR count). The zero-order chi connectivity index (χ0) is 15.1. The van der Waals surface area contributed by atoms with Crippen LogP contribution in [0.2, 0.25) is 0 Å². The smallest absolute Gasteiger partial charge is 0.246 e. The second-order valence-electron chi connectivity index (χ2n) is 5.98. The average Bonchev–Trinajstić information content (AvgIpc) is 2.92. The Balaban J connectivity index is 1.81. The fourth-order valence-electron chi connectivity index (χ4n) is 3.35. The van der Waals surface area contributed by atoms with Crippen molar-refractivity contribution in [2.24, 2.45) is 0 Å². The molecule has 2 amide bonds. The van der Waals surface area contributed by atoms with Gasteiger partial charge in [0.15, 0.2) is 0 Å². The minimum absolute atomic E-state index is 0.0201. The lowest BCUT2D eigenvalue weighted by atomic mass is 10.0. The number of carbonyl (C=O) groups is 2. The highest BCUT2D eigenvalue weighted by Gasteiger charge is 2.41. The number of piperazine rings is 1. The number of aryl methyl sites for hydroxylation is 2. The van der Waals surface area contributed by atoms with Gasteiger partial charge in [0.2, 0.25) is 11.8 Å². The molecule has 1 atom stereocenters. The molecule has 112 valence electrons. The third-order valence-electron chi connectivity index (χ3n) is 4.37. The van der Waals surface area contributed by atoms with Crippen molar-refractivity contribution in [1.29, 1.82) is 0 Å². The maximum atomic E-state index is 13.7. The van der Waals surface area contributed by atoms with Crippen LogP contribution in [-0.4, -0.2) is 40.7 Å². The summed E-state index contributed by atoms with van der Waals surface area (Å²) < 4.78 is 13.7. The van der Waals surface area contributed by atoms with E-state index in [4.69, 9.17) is 0 Å². The zero-order valence-corrected chi connectivity index (χ0v) is 12.4. The van der Waals surface area contributed by atoms with E-state index in [9.17, 15) is 14.0 Å². The molecule has 2 heterocycles. The van der Waals surface area contributed by atoms with Crippen LogP contribution in [-0.2, 0) is 16.1 Å². The Morgan fingerprint density at radius 1 is 1.24 bits per heavy atom. The van der Waals surface area contributed by atoms with Crippen molar-refractivity contribution in [1.82, 2.24) is 9.80 Å². The molecule has 1 unspecified atom stereocenters. The van der Waals surface area contributed by atoms with E-state index in [1.807, 2.05) is 0 Å². The molecule has 0 bridgehead atoms. The predicted octanol–water partition coefficient (Wildman–Crippen LogP) is 1.78. The summed E-state index contributed by atoms with van der Waals surface area (Å²) >= 11 is 0. The van der Waals surface area contributed by atoms with Gasteiger partial charge in [0.05, 0.1) is 0 Å². The first-order chi connectivity index (χ1) is 9.97. The highest BCUT2D eigenvalue weighted by Crippen LogP contribution is 2.25. The van der Waals surface area contributed by atoms with Crippen LogP contribution in [0.3, 0.4) is 0 Å². The minimum atomic E-state index is -0.283. The molecule has 1 aromatic rings. The van der Waals surface area contributed by atoms with Gasteiger partial charge in [0, 0.05) is 13.1 Å². The largest absolute Gasteiger partial charge is 0.329 e. The van der Waals surface area contributed by atoms with Gasteiger partial charge in [-0.1, -0.05) is 12.1 Å². The van der Waals surface area contributed by atoms with Crippen LogP contribution < -0.4 is 0 Å². The Kier molecular flexibility index (Phi) is 3.43. The summed E-state index contributed by atoms with van der Waals surface area (Å²) in [6.07, 6.45) is 1.65. The van der Waals surface area contributed by atoms with Crippen LogP contribution in [0.1, 0.15) is 29.5 Å². The van der Waals surface area contributed by atoms with E-state index in [1.165, 1.54) is 0 Å². The van der Waals surface area contributed by atoms with Gasteiger partial charge in [0.1, 0.15) is 18.4 Å². The van der Waals surface area contributed by atoms with Crippen molar-refractivity contribution in [2.75, 3.05) is 13.1 Å². The summed E-state index contributed by atoms with van der Waals surface area (Å²) in [6, 6.07) is 3.22. The van der Waals surface area contributed by atoms with Crippen LogP contribution in [0.15, 0.2) is 12.1 Å². The summed E-state index contributed by atoms with van der Waals surface area (Å²) in [5.74, 6) is -0.166. The summed E-state index contributed by atoms with van der Waals surface area (Å²) in [4.78, 5) is 27.8. The molecule has 0 saturated carbocycles. The molecule has 2 aliphatic heterocycles. The topological polar surface area (TPSA) is 40.6 Å². The van der Waals surface area contributed by atoms with Gasteiger partial charge >= 0.3 is 0 Å². The second kappa shape index (κ2) is 5.13. The Morgan fingerprint density at radius 2 is 1.90 bits per heavy atom. The Hall–Kier alpha value is -1.91. The van der Waals surface area contributed by atoms with Gasteiger partial charge in [-0.3, -0.25) is 9.59 Å². The monoisotopic (exact) mass is 290 g/mol. The number of rotatable bonds is 2. The molecule has 0 radical (unpaired) electrons. The first kappa shape index (κ1) is 14.0. The molecule has 21 heavy (non-hydrogen) atoms. The van der Waals surface area contributed by atoms with Crippen molar-refractivity contribution >= 4 is 11.8 Å². The van der Waals surface area contributed by atoms with Crippen LogP contribution in [0.25, 0.3) is 0 Å².